The summed E-state index contributed by atoms with van der Waals surface area (Å²) in [5.74, 6) is 0. The molecular weight excluding hydrogens is 248 g/mol. The number of nitrogens with two attached hydrogens (primary N) is 1. The van der Waals surface area contributed by atoms with E-state index in [1.165, 1.54) is 4.31 Å². The predicted octanol–water partition coefficient (Wildman–Crippen LogP) is 1.66. The summed E-state index contributed by atoms with van der Waals surface area (Å²) in [6, 6.07) is 5.43. The number of hydrogen-bond donors (Lipinski definition) is 1. The highest BCUT2D eigenvalue weighted by Gasteiger charge is 2.33. The van der Waals surface area contributed by atoms with Crippen LogP contribution in [-0.2, 0) is 10.0 Å². The molecule has 0 aliphatic heterocycles. The highest BCUT2D eigenvalue weighted by molar-refractivity contribution is 7.89. The molecule has 102 valence electrons. The first kappa shape index (κ1) is 15.1. The fourth-order valence-corrected chi connectivity index (χ4v) is 3.42. The van der Waals surface area contributed by atoms with E-state index in [-0.39, 0.29) is 6.54 Å². The van der Waals surface area contributed by atoms with Crippen molar-refractivity contribution in [1.82, 2.24) is 4.31 Å². The zero-order valence-corrected chi connectivity index (χ0v) is 12.5. The Labute approximate surface area is 110 Å². The van der Waals surface area contributed by atoms with Crippen LogP contribution < -0.4 is 5.73 Å². The molecule has 0 unspecified atom stereocenters. The average molecular weight is 270 g/mol. The molecule has 0 aliphatic carbocycles. The zero-order chi connectivity index (χ0) is 14.1. The molecule has 0 aliphatic rings. The van der Waals surface area contributed by atoms with Crippen LogP contribution in [0.15, 0.2) is 23.1 Å². The van der Waals surface area contributed by atoms with Crippen molar-refractivity contribution in [3.8, 4) is 0 Å². The molecule has 0 saturated heterocycles. The van der Waals surface area contributed by atoms with Crippen molar-refractivity contribution in [3.63, 3.8) is 0 Å². The molecule has 0 atom stereocenters. The smallest absolute Gasteiger partial charge is 0.243 e. The number of nitrogens with zero attached hydrogens (tertiary/aromatic N) is 1. The first-order valence-electron chi connectivity index (χ1n) is 5.89. The Hall–Kier alpha value is -0.910. The third-order valence-corrected chi connectivity index (χ3v) is 5.55. The molecule has 4 nitrogen and oxygen atoms in total. The largest absolute Gasteiger partial charge is 0.329 e. The van der Waals surface area contributed by atoms with Crippen molar-refractivity contribution in [2.24, 2.45) is 5.73 Å². The monoisotopic (exact) mass is 270 g/mol. The summed E-state index contributed by atoms with van der Waals surface area (Å²) >= 11 is 0. The van der Waals surface area contributed by atoms with Gasteiger partial charge in [-0.05, 0) is 44.9 Å². The topological polar surface area (TPSA) is 63.4 Å². The van der Waals surface area contributed by atoms with Crippen LogP contribution in [0.1, 0.15) is 25.0 Å². The van der Waals surface area contributed by atoms with E-state index < -0.39 is 15.6 Å². The molecule has 0 radical (unpaired) electrons. The lowest BCUT2D eigenvalue weighted by molar-refractivity contribution is 0.274. The summed E-state index contributed by atoms with van der Waals surface area (Å²) < 4.78 is 26.5. The van der Waals surface area contributed by atoms with Gasteiger partial charge in [0.2, 0.25) is 10.0 Å². The molecule has 0 saturated carbocycles. The molecule has 18 heavy (non-hydrogen) atoms. The number of hydrogen-bond acceptors (Lipinski definition) is 3. The third kappa shape index (κ3) is 2.74. The van der Waals surface area contributed by atoms with Crippen molar-refractivity contribution in [2.45, 2.75) is 38.1 Å². The minimum atomic E-state index is -3.51. The van der Waals surface area contributed by atoms with E-state index >= 15 is 0 Å². The molecular formula is C13H22N2O2S. The van der Waals surface area contributed by atoms with Crippen molar-refractivity contribution < 1.29 is 8.42 Å². The highest BCUT2D eigenvalue weighted by Crippen LogP contribution is 2.25. The van der Waals surface area contributed by atoms with Crippen LogP contribution in [0.2, 0.25) is 0 Å². The van der Waals surface area contributed by atoms with Gasteiger partial charge in [-0.2, -0.15) is 4.31 Å². The molecule has 1 aromatic carbocycles. The molecule has 0 fully saturated rings. The summed E-state index contributed by atoms with van der Waals surface area (Å²) in [6.07, 6.45) is 0. The van der Waals surface area contributed by atoms with Gasteiger partial charge in [-0.15, -0.1) is 0 Å². The van der Waals surface area contributed by atoms with Gasteiger partial charge in [0, 0.05) is 19.1 Å². The number of sulfonamides is 1. The van der Waals surface area contributed by atoms with Crippen molar-refractivity contribution in [2.75, 3.05) is 13.6 Å². The van der Waals surface area contributed by atoms with Crippen LogP contribution >= 0.6 is 0 Å². The van der Waals surface area contributed by atoms with Gasteiger partial charge in [0.05, 0.1) is 4.90 Å². The zero-order valence-electron chi connectivity index (χ0n) is 11.7. The minimum absolute atomic E-state index is 0.271. The fraction of sp³-hybridized carbons (Fsp3) is 0.538. The minimum Gasteiger partial charge on any atom is -0.329 e. The third-order valence-electron chi connectivity index (χ3n) is 3.33. The summed E-state index contributed by atoms with van der Waals surface area (Å²) in [4.78, 5) is 0.353. The quantitative estimate of drug-likeness (QED) is 0.905. The van der Waals surface area contributed by atoms with E-state index in [4.69, 9.17) is 5.73 Å². The van der Waals surface area contributed by atoms with Crippen molar-refractivity contribution >= 4 is 10.0 Å². The van der Waals surface area contributed by atoms with Crippen LogP contribution in [0.25, 0.3) is 0 Å². The second-order valence-electron chi connectivity index (χ2n) is 5.26. The normalized spacial score (nSPS) is 13.1. The molecule has 1 rings (SSSR count). The lowest BCUT2D eigenvalue weighted by atomic mass is 10.1. The van der Waals surface area contributed by atoms with E-state index in [1.54, 1.807) is 20.0 Å². The molecule has 0 aromatic heterocycles. The Morgan fingerprint density at radius 3 is 2.33 bits per heavy atom. The average Bonchev–Trinajstić information content (AvgIpc) is 2.31. The van der Waals surface area contributed by atoms with Gasteiger partial charge in [0.25, 0.3) is 0 Å². The number of aryl methyl sites for hydroxylation is 2. The van der Waals surface area contributed by atoms with Gasteiger partial charge in [0.1, 0.15) is 0 Å². The van der Waals surface area contributed by atoms with Gasteiger partial charge >= 0.3 is 0 Å². The van der Waals surface area contributed by atoms with Gasteiger partial charge in [-0.1, -0.05) is 12.1 Å². The number of benzene rings is 1. The van der Waals surface area contributed by atoms with Gasteiger partial charge < -0.3 is 5.73 Å². The Morgan fingerprint density at radius 1 is 1.28 bits per heavy atom. The number of rotatable bonds is 4. The molecule has 0 amide bonds. The predicted molar refractivity (Wildman–Crippen MR) is 74.0 cm³/mol. The van der Waals surface area contributed by atoms with E-state index in [9.17, 15) is 8.42 Å². The lowest BCUT2D eigenvalue weighted by Crippen LogP contribution is -2.49. The van der Waals surface area contributed by atoms with Crippen molar-refractivity contribution in [1.29, 1.82) is 0 Å². The Bertz CT molecular complexity index is 536. The van der Waals surface area contributed by atoms with Gasteiger partial charge in [-0.25, -0.2) is 8.42 Å². The Balaban J connectivity index is 3.34. The second kappa shape index (κ2) is 4.99. The lowest BCUT2D eigenvalue weighted by Gasteiger charge is -2.33. The molecule has 5 heteroatoms. The SMILES string of the molecule is Cc1ccc(C)c(S(=O)(=O)N(C)C(C)(C)CN)c1. The van der Waals surface area contributed by atoms with Crippen LogP contribution in [0, 0.1) is 13.8 Å². The van der Waals surface area contributed by atoms with E-state index in [1.807, 2.05) is 32.9 Å². The maximum atomic E-state index is 12.6. The first-order chi connectivity index (χ1) is 8.13. The molecule has 0 heterocycles. The Morgan fingerprint density at radius 2 is 1.83 bits per heavy atom. The summed E-state index contributed by atoms with van der Waals surface area (Å²) in [7, 11) is -1.94. The highest BCUT2D eigenvalue weighted by atomic mass is 32.2. The summed E-state index contributed by atoms with van der Waals surface area (Å²) in [5.41, 5.74) is 6.72. The maximum absolute atomic E-state index is 12.6. The van der Waals surface area contributed by atoms with Crippen molar-refractivity contribution in [3.05, 3.63) is 29.3 Å². The fourth-order valence-electron chi connectivity index (χ4n) is 1.59. The second-order valence-corrected chi connectivity index (χ2v) is 7.20. The van der Waals surface area contributed by atoms with E-state index in [2.05, 4.69) is 0 Å². The summed E-state index contributed by atoms with van der Waals surface area (Å²) in [5, 5.41) is 0. The van der Waals surface area contributed by atoms with Gasteiger partial charge in [-0.3, -0.25) is 0 Å². The maximum Gasteiger partial charge on any atom is 0.243 e. The first-order valence-corrected chi connectivity index (χ1v) is 7.33. The van der Waals surface area contributed by atoms with Crippen LogP contribution in [0.5, 0.6) is 0 Å². The molecule has 0 spiro atoms. The molecule has 1 aromatic rings. The van der Waals surface area contributed by atoms with Crippen LogP contribution in [0.4, 0.5) is 0 Å². The van der Waals surface area contributed by atoms with Crippen LogP contribution in [0.3, 0.4) is 0 Å². The van der Waals surface area contributed by atoms with E-state index in [0.29, 0.717) is 4.90 Å². The molecule has 0 bridgehead atoms. The van der Waals surface area contributed by atoms with E-state index in [0.717, 1.165) is 11.1 Å². The number of likely N-dealkylation sites (N-methyl/N-ethyl adjacent to an activating group) is 1. The summed E-state index contributed by atoms with van der Waals surface area (Å²) in [6.45, 7) is 7.58. The standard InChI is InChI=1S/C13H22N2O2S/c1-10-6-7-11(2)12(8-10)18(16,17)15(5)13(3,4)9-14/h6-8H,9,14H2,1-5H3. The molecule has 2 N–H and O–H groups in total. The van der Waals surface area contributed by atoms with Crippen LogP contribution in [-0.4, -0.2) is 31.9 Å². The van der Waals surface area contributed by atoms with Gasteiger partial charge in [0.15, 0.2) is 0 Å². The Kier molecular flexibility index (Phi) is 4.20.